The van der Waals surface area contributed by atoms with Crippen molar-refractivity contribution >= 4 is 23.8 Å². The Morgan fingerprint density at radius 3 is 1.59 bits per heavy atom. The minimum Gasteiger partial charge on any atom is -0.480 e. The first-order valence-corrected chi connectivity index (χ1v) is 9.62. The lowest BCUT2D eigenvalue weighted by Crippen LogP contribution is -2.43. The Kier molecular flexibility index (Phi) is 7.58. The summed E-state index contributed by atoms with van der Waals surface area (Å²) >= 11 is 0. The molecular formula is C18H29N3O6. The van der Waals surface area contributed by atoms with Crippen LogP contribution in [0.2, 0.25) is 0 Å². The largest absolute Gasteiger partial charge is 0.480 e. The van der Waals surface area contributed by atoms with Gasteiger partial charge in [0.25, 0.3) is 0 Å². The second kappa shape index (κ2) is 9.68. The number of carbonyl (C=O) groups excluding carboxylic acids is 2. The Morgan fingerprint density at radius 2 is 1.26 bits per heavy atom. The molecule has 152 valence electrons. The summed E-state index contributed by atoms with van der Waals surface area (Å²) in [4.78, 5) is 51.9. The number of carboxylic acids is 2. The highest BCUT2D eigenvalue weighted by Gasteiger charge is 2.35. The summed E-state index contributed by atoms with van der Waals surface area (Å²) in [5.74, 6) is -2.26. The second-order valence-corrected chi connectivity index (χ2v) is 7.10. The molecule has 2 N–H and O–H groups in total. The summed E-state index contributed by atoms with van der Waals surface area (Å²) in [5.41, 5.74) is 0. The third-order valence-corrected chi connectivity index (χ3v) is 5.45. The zero-order valence-corrected chi connectivity index (χ0v) is 15.8. The van der Waals surface area contributed by atoms with E-state index in [-0.39, 0.29) is 24.7 Å². The lowest BCUT2D eigenvalue weighted by atomic mass is 10.2. The molecule has 0 aromatic rings. The van der Waals surface area contributed by atoms with Gasteiger partial charge in [0.1, 0.15) is 12.1 Å². The van der Waals surface area contributed by atoms with Gasteiger partial charge >= 0.3 is 11.9 Å². The SMILES string of the molecule is CCN(CCC(=O)N1CCC[C@@H]1C(=O)O)CCC(=O)N1CCC[C@@H]1C(=O)O. The van der Waals surface area contributed by atoms with E-state index in [1.165, 1.54) is 9.80 Å². The molecule has 2 amide bonds. The molecule has 0 aromatic heterocycles. The normalized spacial score (nSPS) is 22.4. The molecule has 9 heteroatoms. The highest BCUT2D eigenvalue weighted by Crippen LogP contribution is 2.20. The van der Waals surface area contributed by atoms with Gasteiger partial charge < -0.3 is 24.9 Å². The maximum atomic E-state index is 12.3. The summed E-state index contributed by atoms with van der Waals surface area (Å²) in [5, 5.41) is 18.4. The van der Waals surface area contributed by atoms with E-state index in [9.17, 15) is 29.4 Å². The van der Waals surface area contributed by atoms with Crippen molar-refractivity contribution in [3.05, 3.63) is 0 Å². The van der Waals surface area contributed by atoms with E-state index in [2.05, 4.69) is 0 Å². The summed E-state index contributed by atoms with van der Waals surface area (Å²) in [6.07, 6.45) is 2.83. The van der Waals surface area contributed by atoms with Crippen LogP contribution in [0.5, 0.6) is 0 Å². The Hall–Kier alpha value is -2.16. The van der Waals surface area contributed by atoms with Gasteiger partial charge in [0.2, 0.25) is 11.8 Å². The molecule has 0 saturated carbocycles. The summed E-state index contributed by atoms with van der Waals surface area (Å²) in [6.45, 7) is 4.45. The molecule has 0 radical (unpaired) electrons. The third kappa shape index (κ3) is 5.41. The van der Waals surface area contributed by atoms with Crippen LogP contribution in [-0.2, 0) is 19.2 Å². The van der Waals surface area contributed by atoms with E-state index in [1.54, 1.807) is 0 Å². The Labute approximate surface area is 158 Å². The molecular weight excluding hydrogens is 354 g/mol. The van der Waals surface area contributed by atoms with Crippen LogP contribution in [0, 0.1) is 0 Å². The van der Waals surface area contributed by atoms with Gasteiger partial charge in [-0.1, -0.05) is 6.92 Å². The molecule has 2 fully saturated rings. The minimum absolute atomic E-state index is 0.171. The average Bonchev–Trinajstić information content (AvgIpc) is 3.30. The molecule has 9 nitrogen and oxygen atoms in total. The molecule has 2 aliphatic heterocycles. The van der Waals surface area contributed by atoms with Crippen molar-refractivity contribution in [1.29, 1.82) is 0 Å². The number of hydrogen-bond acceptors (Lipinski definition) is 5. The monoisotopic (exact) mass is 383 g/mol. The number of carboxylic acid groups (broad SMARTS) is 2. The van der Waals surface area contributed by atoms with E-state index in [0.717, 1.165) is 0 Å². The molecule has 27 heavy (non-hydrogen) atoms. The molecule has 0 aromatic carbocycles. The molecule has 0 aliphatic carbocycles. The van der Waals surface area contributed by atoms with Crippen molar-refractivity contribution in [3.63, 3.8) is 0 Å². The summed E-state index contributed by atoms with van der Waals surface area (Å²) < 4.78 is 0. The highest BCUT2D eigenvalue weighted by atomic mass is 16.4. The molecule has 2 rings (SSSR count). The van der Waals surface area contributed by atoms with Crippen LogP contribution in [0.15, 0.2) is 0 Å². The summed E-state index contributed by atoms with van der Waals surface area (Å²) in [6, 6.07) is -1.45. The Morgan fingerprint density at radius 1 is 0.852 bits per heavy atom. The van der Waals surface area contributed by atoms with Crippen LogP contribution in [0.4, 0.5) is 0 Å². The Balaban J connectivity index is 1.78. The number of aliphatic carboxylic acids is 2. The number of amides is 2. The summed E-state index contributed by atoms with van der Waals surface area (Å²) in [7, 11) is 0. The molecule has 2 aliphatic rings. The number of rotatable bonds is 9. The molecule has 0 unspecified atom stereocenters. The van der Waals surface area contributed by atoms with Crippen LogP contribution < -0.4 is 0 Å². The highest BCUT2D eigenvalue weighted by molar-refractivity contribution is 5.85. The van der Waals surface area contributed by atoms with Crippen molar-refractivity contribution < 1.29 is 29.4 Å². The lowest BCUT2D eigenvalue weighted by molar-refractivity contribution is -0.148. The quantitative estimate of drug-likeness (QED) is 0.585. The van der Waals surface area contributed by atoms with E-state index in [1.807, 2.05) is 11.8 Å². The van der Waals surface area contributed by atoms with Crippen LogP contribution in [0.3, 0.4) is 0 Å². The third-order valence-electron chi connectivity index (χ3n) is 5.45. The van der Waals surface area contributed by atoms with Gasteiger partial charge in [0.05, 0.1) is 0 Å². The van der Waals surface area contributed by atoms with E-state index in [4.69, 9.17) is 0 Å². The molecule has 0 bridgehead atoms. The van der Waals surface area contributed by atoms with E-state index in [0.29, 0.717) is 58.4 Å². The van der Waals surface area contributed by atoms with Crippen LogP contribution >= 0.6 is 0 Å². The first-order valence-electron chi connectivity index (χ1n) is 9.62. The fourth-order valence-electron chi connectivity index (χ4n) is 3.87. The fraction of sp³-hybridized carbons (Fsp3) is 0.778. The predicted octanol–water partition coefficient (Wildman–Crippen LogP) is 0.240. The topological polar surface area (TPSA) is 118 Å². The number of nitrogens with zero attached hydrogens (tertiary/aromatic N) is 3. The molecule has 2 atom stereocenters. The first-order chi connectivity index (χ1) is 12.8. The van der Waals surface area contributed by atoms with Gasteiger partial charge in [-0.15, -0.1) is 0 Å². The van der Waals surface area contributed by atoms with Gasteiger partial charge in [-0.05, 0) is 32.2 Å². The minimum atomic E-state index is -0.961. The predicted molar refractivity (Wildman–Crippen MR) is 96.1 cm³/mol. The maximum Gasteiger partial charge on any atom is 0.326 e. The second-order valence-electron chi connectivity index (χ2n) is 7.10. The van der Waals surface area contributed by atoms with Crippen molar-refractivity contribution in [2.45, 2.75) is 57.5 Å². The van der Waals surface area contributed by atoms with Crippen LogP contribution in [0.25, 0.3) is 0 Å². The maximum absolute atomic E-state index is 12.3. The Bertz CT molecular complexity index is 533. The molecule has 2 saturated heterocycles. The van der Waals surface area contributed by atoms with E-state index >= 15 is 0 Å². The van der Waals surface area contributed by atoms with Gasteiger partial charge in [0.15, 0.2) is 0 Å². The van der Waals surface area contributed by atoms with Gasteiger partial charge in [-0.25, -0.2) is 9.59 Å². The van der Waals surface area contributed by atoms with Gasteiger partial charge in [-0.2, -0.15) is 0 Å². The molecule has 0 spiro atoms. The number of likely N-dealkylation sites (tertiary alicyclic amines) is 2. The lowest BCUT2D eigenvalue weighted by Gasteiger charge is -2.26. The number of hydrogen-bond donors (Lipinski definition) is 2. The van der Waals surface area contributed by atoms with Gasteiger partial charge in [-0.3, -0.25) is 9.59 Å². The first kappa shape index (κ1) is 21.1. The van der Waals surface area contributed by atoms with E-state index < -0.39 is 24.0 Å². The zero-order valence-electron chi connectivity index (χ0n) is 15.8. The average molecular weight is 383 g/mol. The van der Waals surface area contributed by atoms with Crippen molar-refractivity contribution in [3.8, 4) is 0 Å². The standard InChI is InChI=1S/C18H29N3O6/c1-2-19(11-7-15(22)20-9-3-5-13(20)17(24)25)12-8-16(23)21-10-4-6-14(21)18(26)27/h13-14H,2-12H2,1H3,(H,24,25)(H,26,27)/t13-,14-/m1/s1. The fourth-order valence-corrected chi connectivity index (χ4v) is 3.87. The number of carbonyl (C=O) groups is 4. The zero-order chi connectivity index (χ0) is 20.0. The smallest absolute Gasteiger partial charge is 0.326 e. The molecule has 2 heterocycles. The van der Waals surface area contributed by atoms with Crippen molar-refractivity contribution in [2.24, 2.45) is 0 Å². The van der Waals surface area contributed by atoms with Crippen molar-refractivity contribution in [1.82, 2.24) is 14.7 Å². The van der Waals surface area contributed by atoms with Gasteiger partial charge in [0, 0.05) is 39.0 Å². The van der Waals surface area contributed by atoms with Crippen LogP contribution in [0.1, 0.15) is 45.4 Å². The van der Waals surface area contributed by atoms with Crippen molar-refractivity contribution in [2.75, 3.05) is 32.7 Å². The van der Waals surface area contributed by atoms with Crippen LogP contribution in [-0.4, -0.2) is 93.5 Å².